The first-order valence-electron chi connectivity index (χ1n) is 8.92. The van der Waals surface area contributed by atoms with Gasteiger partial charge in [-0.25, -0.2) is 4.68 Å². The fourth-order valence-electron chi connectivity index (χ4n) is 2.85. The molecular formula is C21H19N5O2S. The van der Waals surface area contributed by atoms with E-state index in [1.165, 1.54) is 11.3 Å². The molecular weight excluding hydrogens is 386 g/mol. The van der Waals surface area contributed by atoms with E-state index in [2.05, 4.69) is 33.9 Å². The van der Waals surface area contributed by atoms with Crippen LogP contribution in [0.5, 0.6) is 5.75 Å². The lowest BCUT2D eigenvalue weighted by Crippen LogP contribution is -2.26. The van der Waals surface area contributed by atoms with Crippen molar-refractivity contribution < 1.29 is 9.53 Å². The molecule has 29 heavy (non-hydrogen) atoms. The van der Waals surface area contributed by atoms with E-state index in [1.54, 1.807) is 12.3 Å². The second kappa shape index (κ2) is 8.15. The second-order valence-corrected chi connectivity index (χ2v) is 7.06. The summed E-state index contributed by atoms with van der Waals surface area (Å²) in [4.78, 5) is 21.3. The van der Waals surface area contributed by atoms with Crippen LogP contribution in [0.2, 0.25) is 0 Å². The molecule has 1 aromatic carbocycles. The number of benzene rings is 1. The third kappa shape index (κ3) is 3.97. The number of nitrogens with one attached hydrogen (secondary N) is 2. The van der Waals surface area contributed by atoms with Gasteiger partial charge >= 0.3 is 0 Å². The molecule has 0 spiro atoms. The zero-order chi connectivity index (χ0) is 20.2. The molecule has 0 saturated heterocycles. The average Bonchev–Trinajstić information content (AvgIpc) is 3.14. The molecule has 1 aliphatic rings. The Morgan fingerprint density at radius 3 is 3.10 bits per heavy atom. The molecule has 7 nitrogen and oxygen atoms in total. The Morgan fingerprint density at radius 2 is 2.31 bits per heavy atom. The summed E-state index contributed by atoms with van der Waals surface area (Å²) < 4.78 is 7.31. The molecule has 0 bridgehead atoms. The summed E-state index contributed by atoms with van der Waals surface area (Å²) in [7, 11) is 0. The number of anilines is 1. The molecule has 1 aliphatic heterocycles. The highest BCUT2D eigenvalue weighted by atomic mass is 32.1. The van der Waals surface area contributed by atoms with Gasteiger partial charge in [-0.2, -0.15) is 0 Å². The second-order valence-electron chi connectivity index (χ2n) is 6.22. The smallest absolute Gasteiger partial charge is 0.262 e. The Labute approximate surface area is 171 Å². The number of ether oxygens (including phenoxy) is 1. The van der Waals surface area contributed by atoms with E-state index >= 15 is 0 Å². The predicted octanol–water partition coefficient (Wildman–Crippen LogP) is 3.24. The molecule has 0 atom stereocenters. The molecule has 1 amide bonds. The van der Waals surface area contributed by atoms with E-state index in [0.29, 0.717) is 23.7 Å². The van der Waals surface area contributed by atoms with Gasteiger partial charge in [0.2, 0.25) is 4.80 Å². The van der Waals surface area contributed by atoms with Crippen LogP contribution in [0.25, 0.3) is 17.0 Å². The van der Waals surface area contributed by atoms with Gasteiger partial charge in [0.15, 0.2) is 6.61 Å². The first-order valence-corrected chi connectivity index (χ1v) is 9.80. The van der Waals surface area contributed by atoms with E-state index in [-0.39, 0.29) is 12.5 Å². The van der Waals surface area contributed by atoms with E-state index in [9.17, 15) is 4.79 Å². The highest BCUT2D eigenvalue weighted by Crippen LogP contribution is 2.32. The van der Waals surface area contributed by atoms with Gasteiger partial charge < -0.3 is 10.1 Å². The topological polar surface area (TPSA) is 80.5 Å². The minimum absolute atomic E-state index is 0.0286. The normalized spacial score (nSPS) is 13.2. The molecule has 0 aliphatic carbocycles. The monoisotopic (exact) mass is 405 g/mol. The van der Waals surface area contributed by atoms with E-state index < -0.39 is 0 Å². The van der Waals surface area contributed by atoms with Crippen molar-refractivity contribution in [2.45, 2.75) is 0 Å². The fourth-order valence-corrected chi connectivity index (χ4v) is 3.71. The Morgan fingerprint density at radius 1 is 1.41 bits per heavy atom. The molecule has 0 radical (unpaired) electrons. The third-order valence-electron chi connectivity index (χ3n) is 4.19. The lowest BCUT2D eigenvalue weighted by atomic mass is 10.1. The maximum atomic E-state index is 11.7. The van der Waals surface area contributed by atoms with E-state index in [4.69, 9.17) is 4.74 Å². The SMILES string of the molecule is C=CCN=c1scc(-c2ccc3c(c2)NC(=O)CO3)n1NC(=C)c1ccccn1. The van der Waals surface area contributed by atoms with Crippen molar-refractivity contribution in [1.82, 2.24) is 9.66 Å². The predicted molar refractivity (Wildman–Crippen MR) is 115 cm³/mol. The van der Waals surface area contributed by atoms with Gasteiger partial charge in [-0.15, -0.1) is 17.9 Å². The van der Waals surface area contributed by atoms with Gasteiger partial charge in [-0.05, 0) is 30.3 Å². The molecule has 8 heteroatoms. The van der Waals surface area contributed by atoms with Crippen molar-refractivity contribution in [1.29, 1.82) is 0 Å². The quantitative estimate of drug-likeness (QED) is 0.617. The fraction of sp³-hybridized carbons (Fsp3) is 0.0952. The Balaban J connectivity index is 1.75. The van der Waals surface area contributed by atoms with Gasteiger partial charge in [0.05, 0.1) is 29.3 Å². The molecule has 3 heterocycles. The Bertz CT molecular complexity index is 1150. The molecule has 0 saturated carbocycles. The van der Waals surface area contributed by atoms with Crippen LogP contribution in [-0.2, 0) is 4.79 Å². The van der Waals surface area contributed by atoms with Gasteiger partial charge in [0.1, 0.15) is 5.75 Å². The number of amides is 1. The highest BCUT2D eigenvalue weighted by Gasteiger charge is 2.18. The number of nitrogens with zero attached hydrogens (tertiary/aromatic N) is 3. The van der Waals surface area contributed by atoms with Crippen molar-refractivity contribution >= 4 is 28.6 Å². The number of fused-ring (bicyclic) bond motifs is 1. The number of thiazole rings is 1. The number of carbonyl (C=O) groups excluding carboxylic acids is 1. The third-order valence-corrected chi connectivity index (χ3v) is 5.06. The number of pyridine rings is 1. The summed E-state index contributed by atoms with van der Waals surface area (Å²) in [5, 5.41) is 4.84. The molecule has 2 N–H and O–H groups in total. The number of hydrogen-bond acceptors (Lipinski definition) is 6. The largest absolute Gasteiger partial charge is 0.482 e. The van der Waals surface area contributed by atoms with E-state index in [0.717, 1.165) is 21.8 Å². The summed E-state index contributed by atoms with van der Waals surface area (Å²) in [6, 6.07) is 11.3. The number of carbonyl (C=O) groups is 1. The average molecular weight is 405 g/mol. The van der Waals surface area contributed by atoms with Crippen LogP contribution in [0, 0.1) is 0 Å². The van der Waals surface area contributed by atoms with Crippen molar-refractivity contribution in [2.24, 2.45) is 4.99 Å². The van der Waals surface area contributed by atoms with Crippen LogP contribution in [0.1, 0.15) is 5.69 Å². The highest BCUT2D eigenvalue weighted by molar-refractivity contribution is 7.07. The summed E-state index contributed by atoms with van der Waals surface area (Å²) in [5.74, 6) is 0.480. The maximum Gasteiger partial charge on any atom is 0.262 e. The van der Waals surface area contributed by atoms with Crippen LogP contribution < -0.4 is 20.3 Å². The standard InChI is InChI=1S/C21H19N5O2S/c1-3-9-23-21-26(25-14(2)16-6-4-5-10-22-16)18(13-29-21)15-7-8-19-17(11-15)24-20(27)12-28-19/h3-8,10-11,13,25H,1-2,9,12H2,(H,24,27). The zero-order valence-corrected chi connectivity index (χ0v) is 16.4. The van der Waals surface area contributed by atoms with Gasteiger partial charge in [0.25, 0.3) is 5.91 Å². The molecule has 0 fully saturated rings. The van der Waals surface area contributed by atoms with Gasteiger partial charge in [0, 0.05) is 17.1 Å². The molecule has 2 aromatic heterocycles. The first kappa shape index (κ1) is 18.7. The van der Waals surface area contributed by atoms with Crippen LogP contribution >= 0.6 is 11.3 Å². The zero-order valence-electron chi connectivity index (χ0n) is 15.6. The Kier molecular flexibility index (Phi) is 5.26. The summed E-state index contributed by atoms with van der Waals surface area (Å²) in [6.07, 6.45) is 3.46. The molecule has 3 aromatic rings. The molecule has 146 valence electrons. The lowest BCUT2D eigenvalue weighted by molar-refractivity contribution is -0.118. The lowest BCUT2D eigenvalue weighted by Gasteiger charge is -2.19. The van der Waals surface area contributed by atoms with Crippen LogP contribution in [0.3, 0.4) is 0 Å². The van der Waals surface area contributed by atoms with Crippen molar-refractivity contribution in [2.75, 3.05) is 23.9 Å². The number of hydrogen-bond donors (Lipinski definition) is 2. The van der Waals surface area contributed by atoms with Gasteiger partial charge in [-0.3, -0.25) is 20.2 Å². The summed E-state index contributed by atoms with van der Waals surface area (Å²) in [5.41, 5.74) is 7.08. The molecule has 0 unspecified atom stereocenters. The van der Waals surface area contributed by atoms with Crippen molar-refractivity contribution in [3.63, 3.8) is 0 Å². The van der Waals surface area contributed by atoms with Gasteiger partial charge in [-0.1, -0.05) is 18.7 Å². The summed E-state index contributed by atoms with van der Waals surface area (Å²) in [6.45, 7) is 8.36. The summed E-state index contributed by atoms with van der Waals surface area (Å²) >= 11 is 1.49. The number of rotatable bonds is 6. The van der Waals surface area contributed by atoms with Crippen LogP contribution in [0.15, 0.2) is 72.2 Å². The van der Waals surface area contributed by atoms with Crippen molar-refractivity contribution in [3.05, 3.63) is 77.7 Å². The Hall–Kier alpha value is -3.65. The van der Waals surface area contributed by atoms with E-state index in [1.807, 2.05) is 46.5 Å². The number of aromatic nitrogens is 2. The minimum atomic E-state index is -0.170. The van der Waals surface area contributed by atoms with Crippen LogP contribution in [0.4, 0.5) is 5.69 Å². The molecule has 4 rings (SSSR count). The van der Waals surface area contributed by atoms with Crippen LogP contribution in [-0.4, -0.2) is 28.7 Å². The maximum absolute atomic E-state index is 11.7. The first-order chi connectivity index (χ1) is 14.2. The van der Waals surface area contributed by atoms with Crippen molar-refractivity contribution in [3.8, 4) is 17.0 Å². The minimum Gasteiger partial charge on any atom is -0.482 e.